The van der Waals surface area contributed by atoms with Gasteiger partial charge >= 0.3 is 0 Å². The lowest BCUT2D eigenvalue weighted by molar-refractivity contribution is 0.0967. The van der Waals surface area contributed by atoms with Crippen LogP contribution in [0.4, 0.5) is 0 Å². The summed E-state index contributed by atoms with van der Waals surface area (Å²) in [7, 11) is 0. The molecule has 0 aliphatic heterocycles. The SMILES string of the molecule is Cc1ccc(CC(=O)c2ccc(-c3ccc(C(C)(C)C)cc3)o2)cc1. The Labute approximate surface area is 149 Å². The number of rotatable bonds is 4. The fraction of sp³-hybridized carbons (Fsp3) is 0.261. The van der Waals surface area contributed by atoms with Crippen LogP contribution in [-0.4, -0.2) is 5.78 Å². The summed E-state index contributed by atoms with van der Waals surface area (Å²) in [5, 5.41) is 0. The molecule has 128 valence electrons. The summed E-state index contributed by atoms with van der Waals surface area (Å²) in [5.41, 5.74) is 4.58. The standard InChI is InChI=1S/C23H24O2/c1-16-5-7-17(8-6-16)15-20(24)22-14-13-21(25-22)18-9-11-19(12-10-18)23(2,3)4/h5-14H,15H2,1-4H3. The first-order chi connectivity index (χ1) is 11.8. The Morgan fingerprint density at radius 2 is 1.52 bits per heavy atom. The van der Waals surface area contributed by atoms with Crippen molar-refractivity contribution in [3.8, 4) is 11.3 Å². The van der Waals surface area contributed by atoms with E-state index < -0.39 is 0 Å². The molecule has 2 heteroatoms. The molecule has 0 spiro atoms. The van der Waals surface area contributed by atoms with Crippen LogP contribution in [-0.2, 0) is 11.8 Å². The number of hydrogen-bond acceptors (Lipinski definition) is 2. The topological polar surface area (TPSA) is 30.2 Å². The van der Waals surface area contributed by atoms with Crippen molar-refractivity contribution in [2.24, 2.45) is 0 Å². The van der Waals surface area contributed by atoms with Gasteiger partial charge in [-0.2, -0.15) is 0 Å². The van der Waals surface area contributed by atoms with Crippen LogP contribution in [0, 0.1) is 6.92 Å². The molecule has 0 fully saturated rings. The maximum atomic E-state index is 12.4. The smallest absolute Gasteiger partial charge is 0.202 e. The van der Waals surface area contributed by atoms with Crippen molar-refractivity contribution in [3.05, 3.63) is 83.1 Å². The summed E-state index contributed by atoms with van der Waals surface area (Å²) >= 11 is 0. The molecule has 0 radical (unpaired) electrons. The zero-order valence-corrected chi connectivity index (χ0v) is 15.3. The summed E-state index contributed by atoms with van der Waals surface area (Å²) in [6, 6.07) is 20.0. The quantitative estimate of drug-likeness (QED) is 0.550. The average Bonchev–Trinajstić information content (AvgIpc) is 3.06. The summed E-state index contributed by atoms with van der Waals surface area (Å²) in [6.07, 6.45) is 0.357. The number of furan rings is 1. The van der Waals surface area contributed by atoms with E-state index in [9.17, 15) is 4.79 Å². The van der Waals surface area contributed by atoms with E-state index in [1.165, 1.54) is 11.1 Å². The molecule has 0 bridgehead atoms. The molecule has 0 amide bonds. The fourth-order valence-corrected chi connectivity index (χ4v) is 2.76. The molecule has 0 aliphatic rings. The van der Waals surface area contributed by atoms with E-state index >= 15 is 0 Å². The summed E-state index contributed by atoms with van der Waals surface area (Å²) in [4.78, 5) is 12.4. The van der Waals surface area contributed by atoms with Gasteiger partial charge in [0.05, 0.1) is 0 Å². The Kier molecular flexibility index (Phi) is 4.63. The van der Waals surface area contributed by atoms with Gasteiger partial charge in [-0.1, -0.05) is 74.9 Å². The van der Waals surface area contributed by atoms with Gasteiger partial charge in [-0.05, 0) is 35.6 Å². The predicted molar refractivity (Wildman–Crippen MR) is 102 cm³/mol. The molecule has 0 N–H and O–H groups in total. The van der Waals surface area contributed by atoms with Crippen LogP contribution >= 0.6 is 0 Å². The molecular formula is C23H24O2. The van der Waals surface area contributed by atoms with Gasteiger partial charge in [-0.3, -0.25) is 4.79 Å². The number of ketones is 1. The minimum atomic E-state index is 0.00131. The van der Waals surface area contributed by atoms with Crippen molar-refractivity contribution in [1.29, 1.82) is 0 Å². The van der Waals surface area contributed by atoms with Gasteiger partial charge in [0.15, 0.2) is 5.76 Å². The Balaban J connectivity index is 1.75. The van der Waals surface area contributed by atoms with Crippen molar-refractivity contribution < 1.29 is 9.21 Å². The second-order valence-electron chi connectivity index (χ2n) is 7.58. The molecule has 0 atom stereocenters. The molecule has 2 nitrogen and oxygen atoms in total. The Morgan fingerprint density at radius 1 is 0.880 bits per heavy atom. The number of Topliss-reactive ketones (excluding diaryl/α,β-unsaturated/α-hetero) is 1. The first-order valence-electron chi connectivity index (χ1n) is 8.62. The molecule has 25 heavy (non-hydrogen) atoms. The van der Waals surface area contributed by atoms with E-state index in [1.807, 2.05) is 49.4 Å². The van der Waals surface area contributed by atoms with Gasteiger partial charge in [0.1, 0.15) is 5.76 Å². The van der Waals surface area contributed by atoms with Crippen LogP contribution in [0.15, 0.2) is 65.1 Å². The van der Waals surface area contributed by atoms with Crippen LogP contribution in [0.2, 0.25) is 0 Å². The zero-order valence-electron chi connectivity index (χ0n) is 15.3. The molecule has 3 aromatic rings. The molecule has 1 aromatic heterocycles. The van der Waals surface area contributed by atoms with Crippen molar-refractivity contribution in [3.63, 3.8) is 0 Å². The highest BCUT2D eigenvalue weighted by atomic mass is 16.3. The van der Waals surface area contributed by atoms with Crippen LogP contribution in [0.25, 0.3) is 11.3 Å². The monoisotopic (exact) mass is 332 g/mol. The second kappa shape index (κ2) is 6.72. The molecule has 0 aliphatic carbocycles. The molecule has 3 rings (SSSR count). The molecule has 0 unspecified atom stereocenters. The maximum Gasteiger partial charge on any atom is 0.202 e. The van der Waals surface area contributed by atoms with E-state index in [1.54, 1.807) is 6.07 Å². The van der Waals surface area contributed by atoms with E-state index in [4.69, 9.17) is 4.42 Å². The van der Waals surface area contributed by atoms with Crippen LogP contribution < -0.4 is 0 Å². The van der Waals surface area contributed by atoms with Crippen molar-refractivity contribution in [2.75, 3.05) is 0 Å². The zero-order chi connectivity index (χ0) is 18.0. The normalized spacial score (nSPS) is 11.5. The van der Waals surface area contributed by atoms with Gasteiger partial charge in [-0.25, -0.2) is 0 Å². The molecular weight excluding hydrogens is 308 g/mol. The lowest BCUT2D eigenvalue weighted by atomic mass is 9.86. The summed E-state index contributed by atoms with van der Waals surface area (Å²) in [5.74, 6) is 1.14. The van der Waals surface area contributed by atoms with Crippen LogP contribution in [0.3, 0.4) is 0 Å². The molecule has 0 saturated carbocycles. The largest absolute Gasteiger partial charge is 0.453 e. The van der Waals surface area contributed by atoms with E-state index in [0.29, 0.717) is 12.2 Å². The second-order valence-corrected chi connectivity index (χ2v) is 7.58. The molecule has 0 saturated heterocycles. The van der Waals surface area contributed by atoms with Crippen LogP contribution in [0.1, 0.15) is 48.0 Å². The first-order valence-corrected chi connectivity index (χ1v) is 8.62. The van der Waals surface area contributed by atoms with Crippen molar-refractivity contribution in [2.45, 2.75) is 39.5 Å². The number of hydrogen-bond donors (Lipinski definition) is 0. The lowest BCUT2D eigenvalue weighted by Crippen LogP contribution is -2.10. The van der Waals surface area contributed by atoms with Crippen LogP contribution in [0.5, 0.6) is 0 Å². The predicted octanol–water partition coefficient (Wildman–Crippen LogP) is 5.98. The van der Waals surface area contributed by atoms with Gasteiger partial charge in [0.25, 0.3) is 0 Å². The highest BCUT2D eigenvalue weighted by Gasteiger charge is 2.15. The molecule has 1 heterocycles. The minimum absolute atomic E-state index is 0.00131. The Morgan fingerprint density at radius 3 is 2.12 bits per heavy atom. The number of aryl methyl sites for hydroxylation is 1. The van der Waals surface area contributed by atoms with Gasteiger partial charge < -0.3 is 4.42 Å². The third-order valence-electron chi connectivity index (χ3n) is 4.40. The molecule has 2 aromatic carbocycles. The van der Waals surface area contributed by atoms with Crippen molar-refractivity contribution >= 4 is 5.78 Å². The highest BCUT2D eigenvalue weighted by Crippen LogP contribution is 2.27. The van der Waals surface area contributed by atoms with E-state index in [0.717, 1.165) is 16.9 Å². The summed E-state index contributed by atoms with van der Waals surface area (Å²) in [6.45, 7) is 8.61. The first kappa shape index (κ1) is 17.2. The Hall–Kier alpha value is -2.61. The highest BCUT2D eigenvalue weighted by molar-refractivity contribution is 5.95. The van der Waals surface area contributed by atoms with Gasteiger partial charge in [-0.15, -0.1) is 0 Å². The van der Waals surface area contributed by atoms with E-state index in [-0.39, 0.29) is 11.2 Å². The lowest BCUT2D eigenvalue weighted by Gasteiger charge is -2.18. The fourth-order valence-electron chi connectivity index (χ4n) is 2.76. The van der Waals surface area contributed by atoms with E-state index in [2.05, 4.69) is 32.9 Å². The number of carbonyl (C=O) groups is 1. The average molecular weight is 332 g/mol. The van der Waals surface area contributed by atoms with Crippen molar-refractivity contribution in [1.82, 2.24) is 0 Å². The maximum absolute atomic E-state index is 12.4. The third-order valence-corrected chi connectivity index (χ3v) is 4.40. The number of carbonyl (C=O) groups excluding carboxylic acids is 1. The Bertz CT molecular complexity index is 860. The minimum Gasteiger partial charge on any atom is -0.453 e. The van der Waals surface area contributed by atoms with Gasteiger partial charge in [0, 0.05) is 12.0 Å². The number of benzene rings is 2. The summed E-state index contributed by atoms with van der Waals surface area (Å²) < 4.78 is 5.80. The van der Waals surface area contributed by atoms with Gasteiger partial charge in [0.2, 0.25) is 5.78 Å². The third kappa shape index (κ3) is 4.08.